The molecule has 3 aliphatic rings. The maximum Gasteiger partial charge on any atom is 0.416 e. The van der Waals surface area contributed by atoms with Gasteiger partial charge in [-0.3, -0.25) is 14.4 Å². The Balaban J connectivity index is 1.25. The molecule has 0 saturated carbocycles. The van der Waals surface area contributed by atoms with Crippen molar-refractivity contribution in [2.24, 2.45) is 0 Å². The molecule has 16 heteroatoms. The first kappa shape index (κ1) is 34.3. The van der Waals surface area contributed by atoms with Gasteiger partial charge in [0.1, 0.15) is 12.3 Å². The molecule has 264 valence electrons. The summed E-state index contributed by atoms with van der Waals surface area (Å²) in [5, 5.41) is 26.6. The number of anilines is 1. The number of amides is 2. The molecule has 2 aromatic heterocycles. The van der Waals surface area contributed by atoms with Gasteiger partial charge in [-0.25, -0.2) is 0 Å². The maximum absolute atomic E-state index is 14.4. The summed E-state index contributed by atoms with van der Waals surface area (Å²) in [6, 6.07) is 8.73. The molecule has 4 heterocycles. The van der Waals surface area contributed by atoms with E-state index in [4.69, 9.17) is 21.3 Å². The molecule has 1 aliphatic carbocycles. The Bertz CT molecular complexity index is 2210. The predicted octanol–water partition coefficient (Wildman–Crippen LogP) is 5.09. The number of hydrogen-bond donors (Lipinski definition) is 2. The number of phenols is 1. The molecular weight excluding hydrogens is 691 g/mol. The van der Waals surface area contributed by atoms with Crippen LogP contribution in [0, 0.1) is 11.3 Å². The number of piperidine rings is 1. The highest BCUT2D eigenvalue weighted by Crippen LogP contribution is 2.44. The molecule has 1 spiro atoms. The van der Waals surface area contributed by atoms with Crippen LogP contribution in [0.2, 0.25) is 5.02 Å². The van der Waals surface area contributed by atoms with Crippen LogP contribution in [0.5, 0.6) is 5.75 Å². The standard InChI is InChI=1S/C35H31ClF3N7O5/c36-24-17-22(35(37,38)39)4-5-25(24)41-28(48)19-45-26-2-1-9-34(10-12-44(13-11-34)31(49)23-16-20(18-40)3-6-27(23)47)29(26)32(50)46-33(45)42-30(43-46)21-7-14-51-15-8-21/h3-7,16-17,47H,1-2,8-15,19H2,(H,41,48). The van der Waals surface area contributed by atoms with Gasteiger partial charge in [0.05, 0.1) is 46.7 Å². The minimum Gasteiger partial charge on any atom is -0.507 e. The Morgan fingerprint density at radius 3 is 2.59 bits per heavy atom. The van der Waals surface area contributed by atoms with Crippen molar-refractivity contribution in [1.29, 1.82) is 5.26 Å². The van der Waals surface area contributed by atoms with Crippen LogP contribution in [-0.2, 0) is 34.1 Å². The third-order valence-electron chi connectivity index (χ3n) is 9.94. The number of ether oxygens (including phenoxy) is 1. The summed E-state index contributed by atoms with van der Waals surface area (Å²) < 4.78 is 47.9. The summed E-state index contributed by atoms with van der Waals surface area (Å²) in [5.41, 5.74) is 0.157. The van der Waals surface area contributed by atoms with Gasteiger partial charge in [-0.05, 0) is 80.5 Å². The SMILES string of the molecule is N#Cc1ccc(O)c(C(=O)N2CCC3(CCCc4c3c(=O)n3nc(C5=CCOCC5)nc3n4CC(=O)Nc3ccc(C(F)(F)F)cc3Cl)CC2)c1. The van der Waals surface area contributed by atoms with Gasteiger partial charge >= 0.3 is 6.18 Å². The van der Waals surface area contributed by atoms with E-state index < -0.39 is 29.0 Å². The average molecular weight is 722 g/mol. The first-order valence-electron chi connectivity index (χ1n) is 16.4. The minimum atomic E-state index is -4.61. The highest BCUT2D eigenvalue weighted by Gasteiger charge is 2.44. The third kappa shape index (κ3) is 6.34. The van der Waals surface area contributed by atoms with E-state index in [0.29, 0.717) is 68.8 Å². The van der Waals surface area contributed by atoms with Crippen LogP contribution in [-0.4, -0.2) is 67.3 Å². The Labute approximate surface area is 293 Å². The second-order valence-corrected chi connectivity index (χ2v) is 13.3. The van der Waals surface area contributed by atoms with Gasteiger partial charge in [0.15, 0.2) is 5.82 Å². The fraction of sp³-hybridized carbons (Fsp3) is 0.371. The molecule has 2 amide bonds. The number of carbonyl (C=O) groups excluding carboxylic acids is 2. The zero-order chi connectivity index (χ0) is 36.1. The highest BCUT2D eigenvalue weighted by atomic mass is 35.5. The van der Waals surface area contributed by atoms with Gasteiger partial charge in [-0.15, -0.1) is 5.10 Å². The number of nitrogens with one attached hydrogen (secondary N) is 1. The van der Waals surface area contributed by atoms with Crippen molar-refractivity contribution in [3.63, 3.8) is 0 Å². The molecule has 2 aromatic carbocycles. The molecule has 0 atom stereocenters. The van der Waals surface area contributed by atoms with Gasteiger partial charge < -0.3 is 24.6 Å². The van der Waals surface area contributed by atoms with Gasteiger partial charge in [0, 0.05) is 29.8 Å². The van der Waals surface area contributed by atoms with Crippen LogP contribution < -0.4 is 10.9 Å². The summed E-state index contributed by atoms with van der Waals surface area (Å²) in [5.74, 6) is -0.782. The summed E-state index contributed by atoms with van der Waals surface area (Å²) in [6.07, 6.45) is 0.371. The Morgan fingerprint density at radius 1 is 1.12 bits per heavy atom. The van der Waals surface area contributed by atoms with Crippen LogP contribution in [0.3, 0.4) is 0 Å². The topological polar surface area (TPSA) is 155 Å². The molecule has 4 aromatic rings. The van der Waals surface area contributed by atoms with E-state index in [0.717, 1.165) is 23.8 Å². The van der Waals surface area contributed by atoms with Crippen LogP contribution in [0.1, 0.15) is 70.7 Å². The molecule has 0 bridgehead atoms. The average Bonchev–Trinajstić information content (AvgIpc) is 3.57. The molecular formula is C35H31ClF3N7O5. The molecule has 0 radical (unpaired) electrons. The number of rotatable bonds is 5. The lowest BCUT2D eigenvalue weighted by Gasteiger charge is -2.45. The molecule has 51 heavy (non-hydrogen) atoms. The molecule has 2 aliphatic heterocycles. The van der Waals surface area contributed by atoms with Crippen molar-refractivity contribution in [3.05, 3.63) is 91.6 Å². The van der Waals surface area contributed by atoms with Gasteiger partial charge in [-0.2, -0.15) is 27.9 Å². The zero-order valence-corrected chi connectivity index (χ0v) is 27.9. The van der Waals surface area contributed by atoms with Gasteiger partial charge in [0.25, 0.3) is 11.5 Å². The smallest absolute Gasteiger partial charge is 0.416 e. The van der Waals surface area contributed by atoms with E-state index in [1.54, 1.807) is 9.47 Å². The van der Waals surface area contributed by atoms with E-state index in [-0.39, 0.29) is 58.6 Å². The largest absolute Gasteiger partial charge is 0.507 e. The molecule has 12 nitrogen and oxygen atoms in total. The number of benzene rings is 2. The fourth-order valence-electron chi connectivity index (χ4n) is 7.36. The number of nitrogens with zero attached hydrogens (tertiary/aromatic N) is 6. The molecule has 7 rings (SSSR count). The summed E-state index contributed by atoms with van der Waals surface area (Å²) in [4.78, 5) is 47.8. The summed E-state index contributed by atoms with van der Waals surface area (Å²) in [6.45, 7) is 1.02. The monoisotopic (exact) mass is 721 g/mol. The lowest BCUT2D eigenvalue weighted by atomic mass is 9.66. The Hall–Kier alpha value is -5.20. The normalized spacial score (nSPS) is 17.2. The number of aromatic hydroxyl groups is 1. The first-order chi connectivity index (χ1) is 24.4. The number of fused-ring (bicyclic) bond motifs is 3. The number of likely N-dealkylation sites (tertiary alicyclic amines) is 1. The summed E-state index contributed by atoms with van der Waals surface area (Å²) >= 11 is 6.14. The van der Waals surface area contributed by atoms with Crippen molar-refractivity contribution >= 4 is 40.5 Å². The highest BCUT2D eigenvalue weighted by molar-refractivity contribution is 6.33. The molecule has 0 unspecified atom stereocenters. The molecule has 2 N–H and O–H groups in total. The second-order valence-electron chi connectivity index (χ2n) is 12.9. The van der Waals surface area contributed by atoms with Crippen LogP contribution in [0.25, 0.3) is 11.4 Å². The van der Waals surface area contributed by atoms with E-state index in [2.05, 4.69) is 10.4 Å². The quantitative estimate of drug-likeness (QED) is 0.289. The van der Waals surface area contributed by atoms with Crippen LogP contribution in [0.4, 0.5) is 18.9 Å². The lowest BCUT2D eigenvalue weighted by Crippen LogP contribution is -2.50. The molecule has 1 fully saturated rings. The van der Waals surface area contributed by atoms with Crippen molar-refractivity contribution in [2.45, 2.75) is 56.7 Å². The van der Waals surface area contributed by atoms with E-state index >= 15 is 0 Å². The van der Waals surface area contributed by atoms with Crippen LogP contribution >= 0.6 is 11.6 Å². The second kappa shape index (κ2) is 13.2. The van der Waals surface area contributed by atoms with Crippen molar-refractivity contribution in [1.82, 2.24) is 24.1 Å². The number of alkyl halides is 3. The Morgan fingerprint density at radius 2 is 1.90 bits per heavy atom. The number of hydrogen-bond acceptors (Lipinski definition) is 8. The first-order valence-corrected chi connectivity index (χ1v) is 16.8. The number of nitriles is 1. The number of halogens is 4. The van der Waals surface area contributed by atoms with Gasteiger partial charge in [-0.1, -0.05) is 17.7 Å². The van der Waals surface area contributed by atoms with Crippen molar-refractivity contribution in [2.75, 3.05) is 31.6 Å². The van der Waals surface area contributed by atoms with E-state index in [1.807, 2.05) is 12.1 Å². The van der Waals surface area contributed by atoms with E-state index in [9.17, 15) is 37.9 Å². The Kier molecular flexibility index (Phi) is 8.84. The number of aromatic nitrogens is 4. The zero-order valence-electron chi connectivity index (χ0n) is 27.1. The maximum atomic E-state index is 14.4. The number of phenolic OH excluding ortho intramolecular Hbond substituents is 1. The fourth-order valence-corrected chi connectivity index (χ4v) is 7.58. The van der Waals surface area contributed by atoms with Crippen LogP contribution in [0.15, 0.2) is 47.3 Å². The lowest BCUT2D eigenvalue weighted by molar-refractivity contribution is -0.137. The van der Waals surface area contributed by atoms with E-state index in [1.165, 1.54) is 22.7 Å². The number of carbonyl (C=O) groups is 2. The summed E-state index contributed by atoms with van der Waals surface area (Å²) in [7, 11) is 0. The van der Waals surface area contributed by atoms with Crippen molar-refractivity contribution in [3.8, 4) is 11.8 Å². The third-order valence-corrected chi connectivity index (χ3v) is 10.3. The minimum absolute atomic E-state index is 0.00466. The predicted molar refractivity (Wildman–Crippen MR) is 178 cm³/mol. The molecule has 1 saturated heterocycles. The van der Waals surface area contributed by atoms with Crippen molar-refractivity contribution < 1.29 is 32.6 Å². The van der Waals surface area contributed by atoms with Gasteiger partial charge in [0.2, 0.25) is 11.7 Å².